The second-order valence-electron chi connectivity index (χ2n) is 4.41. The summed E-state index contributed by atoms with van der Waals surface area (Å²) in [5, 5.41) is 4.34. The van der Waals surface area contributed by atoms with Crippen LogP contribution in [0.3, 0.4) is 0 Å². The smallest absolute Gasteiger partial charge is 0.0837 e. The highest BCUT2D eigenvalue weighted by Crippen LogP contribution is 2.25. The number of rotatable bonds is 2. The monoisotopic (exact) mass is 229 g/mol. The van der Waals surface area contributed by atoms with Gasteiger partial charge in [0, 0.05) is 13.2 Å². The van der Waals surface area contributed by atoms with Gasteiger partial charge in [0.05, 0.1) is 24.9 Å². The largest absolute Gasteiger partial charge is 0.372 e. The maximum absolute atomic E-state index is 6.21. The molecule has 0 saturated heterocycles. The number of aryl methyl sites for hydroxylation is 1. The highest BCUT2D eigenvalue weighted by molar-refractivity contribution is 5.37. The van der Waals surface area contributed by atoms with Gasteiger partial charge >= 0.3 is 0 Å². The number of fused-ring (bicyclic) bond motifs is 1. The lowest BCUT2D eigenvalue weighted by Crippen LogP contribution is -2.13. The fraction of sp³-hybridized carbons (Fsp3) is 0.308. The first-order valence-corrected chi connectivity index (χ1v) is 5.68. The van der Waals surface area contributed by atoms with Crippen molar-refractivity contribution in [3.05, 3.63) is 52.8 Å². The molecule has 1 aromatic carbocycles. The fourth-order valence-electron chi connectivity index (χ4n) is 2.16. The summed E-state index contributed by atoms with van der Waals surface area (Å²) in [5.41, 5.74) is 10.7. The Balaban J connectivity index is 1.94. The first-order chi connectivity index (χ1) is 8.24. The van der Waals surface area contributed by atoms with Crippen LogP contribution in [0.15, 0.2) is 30.5 Å². The molecule has 0 bridgehead atoms. The Morgan fingerprint density at radius 2 is 2.12 bits per heavy atom. The molecule has 1 aliphatic rings. The van der Waals surface area contributed by atoms with Gasteiger partial charge in [0.15, 0.2) is 0 Å². The molecule has 2 N–H and O–H groups in total. The van der Waals surface area contributed by atoms with Crippen LogP contribution in [-0.2, 0) is 25.0 Å². The average molecular weight is 229 g/mol. The number of nitrogens with two attached hydrogens (primary N) is 1. The third-order valence-corrected chi connectivity index (χ3v) is 3.16. The van der Waals surface area contributed by atoms with Crippen molar-refractivity contribution >= 4 is 0 Å². The standard InChI is InChI=1S/C13H15N3O/c1-16-5-4-12(15-16)13(14)9-2-3-10-7-17-8-11(10)6-9/h2-6,13H,7-8,14H2,1H3. The van der Waals surface area contributed by atoms with Gasteiger partial charge in [0.2, 0.25) is 0 Å². The van der Waals surface area contributed by atoms with Crippen LogP contribution in [0.2, 0.25) is 0 Å². The Morgan fingerprint density at radius 3 is 2.88 bits per heavy atom. The third kappa shape index (κ3) is 1.85. The van der Waals surface area contributed by atoms with Crippen molar-refractivity contribution in [3.8, 4) is 0 Å². The summed E-state index contributed by atoms with van der Waals surface area (Å²) in [6.07, 6.45) is 1.91. The van der Waals surface area contributed by atoms with Crippen LogP contribution < -0.4 is 5.73 Å². The van der Waals surface area contributed by atoms with E-state index in [0.717, 1.165) is 11.3 Å². The number of benzene rings is 1. The zero-order valence-corrected chi connectivity index (χ0v) is 9.76. The van der Waals surface area contributed by atoms with E-state index in [0.29, 0.717) is 13.2 Å². The number of hydrogen-bond acceptors (Lipinski definition) is 3. The Labute approximate surface area is 100 Å². The first-order valence-electron chi connectivity index (χ1n) is 5.68. The van der Waals surface area contributed by atoms with E-state index in [2.05, 4.69) is 23.3 Å². The van der Waals surface area contributed by atoms with Gasteiger partial charge in [-0.25, -0.2) is 0 Å². The maximum atomic E-state index is 6.21. The molecule has 0 fully saturated rings. The molecular formula is C13H15N3O. The summed E-state index contributed by atoms with van der Waals surface area (Å²) < 4.78 is 7.17. The second kappa shape index (κ2) is 3.98. The third-order valence-electron chi connectivity index (χ3n) is 3.16. The molecule has 1 aromatic heterocycles. The van der Waals surface area contributed by atoms with E-state index >= 15 is 0 Å². The summed E-state index contributed by atoms with van der Waals surface area (Å²) in [4.78, 5) is 0. The van der Waals surface area contributed by atoms with Gasteiger partial charge in [0.25, 0.3) is 0 Å². The summed E-state index contributed by atoms with van der Waals surface area (Å²) >= 11 is 0. The zero-order valence-electron chi connectivity index (χ0n) is 9.76. The van der Waals surface area contributed by atoms with E-state index in [4.69, 9.17) is 10.5 Å². The van der Waals surface area contributed by atoms with Crippen molar-refractivity contribution in [3.63, 3.8) is 0 Å². The minimum absolute atomic E-state index is 0.165. The molecule has 0 radical (unpaired) electrons. The Kier molecular flexibility index (Phi) is 2.46. The summed E-state index contributed by atoms with van der Waals surface area (Å²) in [6.45, 7) is 1.41. The van der Waals surface area contributed by atoms with Crippen LogP contribution in [0.25, 0.3) is 0 Å². The van der Waals surface area contributed by atoms with Crippen LogP contribution in [0.4, 0.5) is 0 Å². The van der Waals surface area contributed by atoms with Gasteiger partial charge in [-0.3, -0.25) is 4.68 Å². The molecule has 0 amide bonds. The van der Waals surface area contributed by atoms with Crippen LogP contribution in [0, 0.1) is 0 Å². The molecule has 1 atom stereocenters. The van der Waals surface area contributed by atoms with Crippen LogP contribution in [0.1, 0.15) is 28.4 Å². The maximum Gasteiger partial charge on any atom is 0.0837 e. The van der Waals surface area contributed by atoms with Gasteiger partial charge in [-0.15, -0.1) is 0 Å². The van der Waals surface area contributed by atoms with Gasteiger partial charge < -0.3 is 10.5 Å². The van der Waals surface area contributed by atoms with Gasteiger partial charge in [0.1, 0.15) is 0 Å². The van der Waals surface area contributed by atoms with Crippen molar-refractivity contribution in [2.24, 2.45) is 12.8 Å². The molecule has 0 spiro atoms. The Hall–Kier alpha value is -1.65. The lowest BCUT2D eigenvalue weighted by atomic mass is 10.00. The van der Waals surface area contributed by atoms with Crippen LogP contribution in [0.5, 0.6) is 0 Å². The Morgan fingerprint density at radius 1 is 1.29 bits per heavy atom. The molecule has 1 aliphatic heterocycles. The minimum atomic E-state index is -0.165. The topological polar surface area (TPSA) is 53.1 Å². The normalized spacial score (nSPS) is 15.9. The molecular weight excluding hydrogens is 214 g/mol. The molecule has 0 aliphatic carbocycles. The molecule has 2 aromatic rings. The molecule has 0 saturated carbocycles. The summed E-state index contributed by atoms with van der Waals surface area (Å²) in [7, 11) is 1.90. The molecule has 3 rings (SSSR count). The van der Waals surface area contributed by atoms with Crippen molar-refractivity contribution in [2.45, 2.75) is 19.3 Å². The number of hydrogen-bond donors (Lipinski definition) is 1. The van der Waals surface area contributed by atoms with Gasteiger partial charge in [-0.1, -0.05) is 18.2 Å². The van der Waals surface area contributed by atoms with E-state index in [-0.39, 0.29) is 6.04 Å². The predicted molar refractivity (Wildman–Crippen MR) is 64.2 cm³/mol. The molecule has 4 heteroatoms. The molecule has 88 valence electrons. The average Bonchev–Trinajstić information content (AvgIpc) is 2.95. The lowest BCUT2D eigenvalue weighted by Gasteiger charge is -2.10. The SMILES string of the molecule is Cn1ccc(C(N)c2ccc3c(c2)COC3)n1. The van der Waals surface area contributed by atoms with E-state index in [1.54, 1.807) is 4.68 Å². The van der Waals surface area contributed by atoms with Crippen molar-refractivity contribution < 1.29 is 4.74 Å². The Bertz CT molecular complexity index is 547. The van der Waals surface area contributed by atoms with Crippen molar-refractivity contribution in [2.75, 3.05) is 0 Å². The second-order valence-corrected chi connectivity index (χ2v) is 4.41. The molecule has 2 heterocycles. The molecule has 4 nitrogen and oxygen atoms in total. The van der Waals surface area contributed by atoms with Crippen molar-refractivity contribution in [1.29, 1.82) is 0 Å². The summed E-state index contributed by atoms with van der Waals surface area (Å²) in [5.74, 6) is 0. The molecule has 1 unspecified atom stereocenters. The van der Waals surface area contributed by atoms with E-state index in [1.807, 2.05) is 19.3 Å². The fourth-order valence-corrected chi connectivity index (χ4v) is 2.16. The number of aromatic nitrogens is 2. The van der Waals surface area contributed by atoms with E-state index in [1.165, 1.54) is 11.1 Å². The number of nitrogens with zero attached hydrogens (tertiary/aromatic N) is 2. The van der Waals surface area contributed by atoms with Gasteiger partial charge in [-0.05, 0) is 22.8 Å². The molecule has 17 heavy (non-hydrogen) atoms. The highest BCUT2D eigenvalue weighted by Gasteiger charge is 2.16. The number of ether oxygens (including phenoxy) is 1. The van der Waals surface area contributed by atoms with Gasteiger partial charge in [-0.2, -0.15) is 5.10 Å². The summed E-state index contributed by atoms with van der Waals surface area (Å²) in [6, 6.07) is 8.07. The minimum Gasteiger partial charge on any atom is -0.372 e. The first kappa shape index (κ1) is 10.5. The highest BCUT2D eigenvalue weighted by atomic mass is 16.5. The lowest BCUT2D eigenvalue weighted by molar-refractivity contribution is 0.134. The van der Waals surface area contributed by atoms with E-state index < -0.39 is 0 Å². The van der Waals surface area contributed by atoms with Crippen LogP contribution >= 0.6 is 0 Å². The van der Waals surface area contributed by atoms with Crippen molar-refractivity contribution in [1.82, 2.24) is 9.78 Å². The van der Waals surface area contributed by atoms with E-state index in [9.17, 15) is 0 Å². The quantitative estimate of drug-likeness (QED) is 0.849. The zero-order chi connectivity index (χ0) is 11.8. The predicted octanol–water partition coefficient (Wildman–Crippen LogP) is 1.50. The van der Waals surface area contributed by atoms with Crippen LogP contribution in [-0.4, -0.2) is 9.78 Å².